The van der Waals surface area contributed by atoms with E-state index in [9.17, 15) is 4.79 Å². The molecule has 3 rings (SSSR count). The largest absolute Gasteiger partial charge is 0.485 e. The van der Waals surface area contributed by atoms with Crippen LogP contribution in [-0.4, -0.2) is 45.5 Å². The van der Waals surface area contributed by atoms with Gasteiger partial charge in [-0.3, -0.25) is 14.8 Å². The molecule has 1 amide bonds. The second-order valence-corrected chi connectivity index (χ2v) is 7.28. The summed E-state index contributed by atoms with van der Waals surface area (Å²) in [5, 5.41) is 10.8. The van der Waals surface area contributed by atoms with Crippen molar-refractivity contribution in [2.24, 2.45) is 0 Å². The first-order valence-electron chi connectivity index (χ1n) is 8.82. The standard InChI is InChI=1S/C20H23N5O2S/c1-15-9-7-8-12-17(15)27-13-18-21-22-20(28-14-19(26)23-24(2)3)25(18)16-10-5-4-6-11-16/h4-12H,13-14H2,1-3H3,(H,23,26). The molecule has 28 heavy (non-hydrogen) atoms. The van der Waals surface area contributed by atoms with Crippen molar-refractivity contribution in [1.82, 2.24) is 25.2 Å². The molecule has 0 aliphatic carbocycles. The maximum absolute atomic E-state index is 12.0. The molecule has 7 nitrogen and oxygen atoms in total. The molecule has 1 heterocycles. The number of nitrogens with one attached hydrogen (secondary N) is 1. The molecule has 3 aromatic rings. The van der Waals surface area contributed by atoms with Crippen LogP contribution in [0.25, 0.3) is 5.69 Å². The highest BCUT2D eigenvalue weighted by Gasteiger charge is 2.16. The zero-order valence-electron chi connectivity index (χ0n) is 16.1. The minimum atomic E-state index is -0.102. The second kappa shape index (κ2) is 9.38. The molecule has 0 unspecified atom stereocenters. The van der Waals surface area contributed by atoms with Crippen molar-refractivity contribution in [2.45, 2.75) is 18.7 Å². The number of rotatable bonds is 8. The van der Waals surface area contributed by atoms with Crippen LogP contribution < -0.4 is 10.2 Å². The Morgan fingerprint density at radius 2 is 1.82 bits per heavy atom. The van der Waals surface area contributed by atoms with Gasteiger partial charge in [0.15, 0.2) is 11.0 Å². The van der Waals surface area contributed by atoms with Crippen molar-refractivity contribution in [2.75, 3.05) is 19.8 Å². The van der Waals surface area contributed by atoms with E-state index in [1.807, 2.05) is 66.1 Å². The summed E-state index contributed by atoms with van der Waals surface area (Å²) < 4.78 is 7.88. The number of hydrazine groups is 1. The average molecular weight is 398 g/mol. The Labute approximate surface area is 168 Å². The van der Waals surface area contributed by atoms with E-state index in [1.54, 1.807) is 19.1 Å². The molecule has 0 saturated heterocycles. The van der Waals surface area contributed by atoms with Gasteiger partial charge in [0.2, 0.25) is 5.91 Å². The molecule has 0 aliphatic rings. The minimum Gasteiger partial charge on any atom is -0.485 e. The highest BCUT2D eigenvalue weighted by Crippen LogP contribution is 2.24. The summed E-state index contributed by atoms with van der Waals surface area (Å²) in [6.07, 6.45) is 0. The highest BCUT2D eigenvalue weighted by molar-refractivity contribution is 7.99. The van der Waals surface area contributed by atoms with E-state index in [0.29, 0.717) is 11.0 Å². The Morgan fingerprint density at radius 3 is 2.54 bits per heavy atom. The van der Waals surface area contributed by atoms with E-state index in [1.165, 1.54) is 11.8 Å². The van der Waals surface area contributed by atoms with Gasteiger partial charge in [0.05, 0.1) is 5.75 Å². The van der Waals surface area contributed by atoms with Gasteiger partial charge in [-0.15, -0.1) is 10.2 Å². The number of nitrogens with zero attached hydrogens (tertiary/aromatic N) is 4. The van der Waals surface area contributed by atoms with Crippen molar-refractivity contribution < 1.29 is 9.53 Å². The fraction of sp³-hybridized carbons (Fsp3) is 0.250. The van der Waals surface area contributed by atoms with Gasteiger partial charge in [0.25, 0.3) is 0 Å². The van der Waals surface area contributed by atoms with E-state index in [4.69, 9.17) is 4.74 Å². The normalized spacial score (nSPS) is 10.9. The number of benzene rings is 2. The Bertz CT molecular complexity index is 927. The number of thioether (sulfide) groups is 1. The Morgan fingerprint density at radius 1 is 1.11 bits per heavy atom. The lowest BCUT2D eigenvalue weighted by atomic mass is 10.2. The van der Waals surface area contributed by atoms with Crippen molar-refractivity contribution in [3.05, 3.63) is 66.0 Å². The third kappa shape index (κ3) is 5.11. The zero-order chi connectivity index (χ0) is 19.9. The smallest absolute Gasteiger partial charge is 0.244 e. The number of amides is 1. The summed E-state index contributed by atoms with van der Waals surface area (Å²) >= 11 is 1.33. The van der Waals surface area contributed by atoms with Gasteiger partial charge in [-0.1, -0.05) is 48.2 Å². The number of carbonyl (C=O) groups excluding carboxylic acids is 1. The molecule has 1 N–H and O–H groups in total. The monoisotopic (exact) mass is 397 g/mol. The topological polar surface area (TPSA) is 72.3 Å². The molecule has 0 spiro atoms. The third-order valence-electron chi connectivity index (χ3n) is 3.85. The Kier molecular flexibility index (Phi) is 6.67. The van der Waals surface area contributed by atoms with Gasteiger partial charge in [-0.2, -0.15) is 0 Å². The zero-order valence-corrected chi connectivity index (χ0v) is 16.9. The van der Waals surface area contributed by atoms with Crippen LogP contribution in [0.4, 0.5) is 0 Å². The van der Waals surface area contributed by atoms with E-state index in [2.05, 4.69) is 15.6 Å². The van der Waals surface area contributed by atoms with Crippen LogP contribution in [-0.2, 0) is 11.4 Å². The average Bonchev–Trinajstić information content (AvgIpc) is 3.09. The van der Waals surface area contributed by atoms with Crippen LogP contribution in [0.2, 0.25) is 0 Å². The Hall–Kier alpha value is -2.84. The number of ether oxygens (including phenoxy) is 1. The number of hydrogen-bond donors (Lipinski definition) is 1. The first kappa shape index (κ1) is 19.9. The summed E-state index contributed by atoms with van der Waals surface area (Å²) in [7, 11) is 3.55. The molecule has 2 aromatic carbocycles. The van der Waals surface area contributed by atoms with Crippen molar-refractivity contribution in [3.63, 3.8) is 0 Å². The lowest BCUT2D eigenvalue weighted by Gasteiger charge is -2.13. The van der Waals surface area contributed by atoms with E-state index in [-0.39, 0.29) is 18.3 Å². The molecular formula is C20H23N5O2S. The van der Waals surface area contributed by atoms with Crippen molar-refractivity contribution in [1.29, 1.82) is 0 Å². The fourth-order valence-corrected chi connectivity index (χ4v) is 3.36. The van der Waals surface area contributed by atoms with Crippen LogP contribution in [0.3, 0.4) is 0 Å². The molecule has 0 radical (unpaired) electrons. The van der Waals surface area contributed by atoms with Crippen LogP contribution in [0.15, 0.2) is 59.8 Å². The predicted octanol–water partition coefficient (Wildman–Crippen LogP) is 2.84. The number of carbonyl (C=O) groups is 1. The number of hydrogen-bond acceptors (Lipinski definition) is 6. The molecule has 1 aromatic heterocycles. The van der Waals surface area contributed by atoms with Gasteiger partial charge >= 0.3 is 0 Å². The number of para-hydroxylation sites is 2. The van der Waals surface area contributed by atoms with E-state index in [0.717, 1.165) is 17.0 Å². The van der Waals surface area contributed by atoms with Crippen LogP contribution in [0.1, 0.15) is 11.4 Å². The highest BCUT2D eigenvalue weighted by atomic mass is 32.2. The second-order valence-electron chi connectivity index (χ2n) is 6.34. The fourth-order valence-electron chi connectivity index (χ4n) is 2.60. The van der Waals surface area contributed by atoms with Crippen LogP contribution in [0, 0.1) is 6.92 Å². The molecular weight excluding hydrogens is 374 g/mol. The van der Waals surface area contributed by atoms with Gasteiger partial charge in [-0.05, 0) is 30.7 Å². The maximum Gasteiger partial charge on any atom is 0.244 e. The summed E-state index contributed by atoms with van der Waals surface area (Å²) in [6.45, 7) is 2.28. The quantitative estimate of drug-likeness (QED) is 0.466. The summed E-state index contributed by atoms with van der Waals surface area (Å²) in [4.78, 5) is 12.0. The summed E-state index contributed by atoms with van der Waals surface area (Å²) in [6, 6.07) is 17.7. The molecule has 146 valence electrons. The maximum atomic E-state index is 12.0. The summed E-state index contributed by atoms with van der Waals surface area (Å²) in [5.74, 6) is 1.62. The van der Waals surface area contributed by atoms with Crippen LogP contribution >= 0.6 is 11.8 Å². The molecule has 8 heteroatoms. The lowest BCUT2D eigenvalue weighted by Crippen LogP contribution is -2.37. The minimum absolute atomic E-state index is 0.102. The molecule has 0 bridgehead atoms. The SMILES string of the molecule is Cc1ccccc1OCc1nnc(SCC(=O)NN(C)C)n1-c1ccccc1. The molecule has 0 aliphatic heterocycles. The van der Waals surface area contributed by atoms with Crippen molar-refractivity contribution in [3.8, 4) is 11.4 Å². The first-order chi connectivity index (χ1) is 13.5. The Balaban J connectivity index is 1.81. The van der Waals surface area contributed by atoms with E-state index < -0.39 is 0 Å². The third-order valence-corrected chi connectivity index (χ3v) is 4.77. The molecule has 0 atom stereocenters. The first-order valence-corrected chi connectivity index (χ1v) is 9.81. The predicted molar refractivity (Wildman–Crippen MR) is 109 cm³/mol. The van der Waals surface area contributed by atoms with E-state index >= 15 is 0 Å². The lowest BCUT2D eigenvalue weighted by molar-refractivity contribution is -0.122. The van der Waals surface area contributed by atoms with Gasteiger partial charge in [0.1, 0.15) is 12.4 Å². The number of aromatic nitrogens is 3. The van der Waals surface area contributed by atoms with Gasteiger partial charge in [-0.25, -0.2) is 5.01 Å². The van der Waals surface area contributed by atoms with Gasteiger partial charge in [0, 0.05) is 19.8 Å². The molecule has 0 saturated carbocycles. The van der Waals surface area contributed by atoms with Crippen LogP contribution in [0.5, 0.6) is 5.75 Å². The number of aryl methyl sites for hydroxylation is 1. The van der Waals surface area contributed by atoms with Crippen molar-refractivity contribution >= 4 is 17.7 Å². The van der Waals surface area contributed by atoms with Gasteiger partial charge < -0.3 is 4.74 Å². The molecule has 0 fully saturated rings. The summed E-state index contributed by atoms with van der Waals surface area (Å²) in [5.41, 5.74) is 4.70.